The zero-order valence-corrected chi connectivity index (χ0v) is 14.6. The molecule has 0 bridgehead atoms. The summed E-state index contributed by atoms with van der Waals surface area (Å²) in [7, 11) is 0. The van der Waals surface area contributed by atoms with Gasteiger partial charge in [-0.15, -0.1) is 0 Å². The van der Waals surface area contributed by atoms with E-state index in [2.05, 4.69) is 28.5 Å². The molecule has 0 unspecified atom stereocenters. The van der Waals surface area contributed by atoms with Crippen molar-refractivity contribution in [1.82, 2.24) is 4.98 Å². The number of aromatic nitrogens is 1. The number of hydrogen-bond donors (Lipinski definition) is 1. The van der Waals surface area contributed by atoms with Crippen LogP contribution in [0.4, 0.5) is 11.4 Å². The molecule has 1 aliphatic heterocycles. The Balaban J connectivity index is 1.52. The van der Waals surface area contributed by atoms with Gasteiger partial charge in [-0.1, -0.05) is 48.5 Å². The van der Waals surface area contributed by atoms with Crippen LogP contribution in [-0.2, 0) is 13.0 Å². The Labute approximate surface area is 153 Å². The molecule has 4 rings (SSSR count). The third-order valence-corrected chi connectivity index (χ3v) is 4.68. The molecule has 130 valence electrons. The Morgan fingerprint density at radius 1 is 1.04 bits per heavy atom. The number of fused-ring (bicyclic) bond motifs is 1. The molecule has 0 atom stereocenters. The molecular formula is C22H21N3O. The van der Waals surface area contributed by atoms with Crippen molar-refractivity contribution in [3.8, 4) is 0 Å². The summed E-state index contributed by atoms with van der Waals surface area (Å²) < 4.78 is 0. The molecular weight excluding hydrogens is 322 g/mol. The van der Waals surface area contributed by atoms with Crippen LogP contribution in [0.5, 0.6) is 0 Å². The highest BCUT2D eigenvalue weighted by molar-refractivity contribution is 6.07. The van der Waals surface area contributed by atoms with E-state index in [0.717, 1.165) is 30.8 Å². The lowest BCUT2D eigenvalue weighted by molar-refractivity contribution is 0.0985. The highest BCUT2D eigenvalue weighted by Crippen LogP contribution is 2.28. The second kappa shape index (κ2) is 7.40. The van der Waals surface area contributed by atoms with Crippen LogP contribution >= 0.6 is 0 Å². The fraction of sp³-hybridized carbons (Fsp3) is 0.182. The lowest BCUT2D eigenvalue weighted by atomic mass is 10.0. The lowest BCUT2D eigenvalue weighted by Crippen LogP contribution is -2.35. The number of amides is 1. The fourth-order valence-electron chi connectivity index (χ4n) is 3.35. The molecule has 0 saturated heterocycles. The van der Waals surface area contributed by atoms with Crippen LogP contribution < -0.4 is 10.2 Å². The standard InChI is InChI=1S/C22H21N3O/c26-22(25-12-6-10-18-9-4-5-11-21(18)25)19-13-20(16-23-15-19)24-14-17-7-2-1-3-8-17/h1-5,7-9,11,13,15-16,24H,6,10,12,14H2. The van der Waals surface area contributed by atoms with Gasteiger partial charge in [0.05, 0.1) is 11.3 Å². The Morgan fingerprint density at radius 2 is 1.85 bits per heavy atom. The monoisotopic (exact) mass is 343 g/mol. The predicted molar refractivity (Wildman–Crippen MR) is 104 cm³/mol. The van der Waals surface area contributed by atoms with Gasteiger partial charge in [-0.25, -0.2) is 0 Å². The maximum absolute atomic E-state index is 13.0. The lowest BCUT2D eigenvalue weighted by Gasteiger charge is -2.29. The number of carbonyl (C=O) groups excluding carboxylic acids is 1. The molecule has 0 spiro atoms. The summed E-state index contributed by atoms with van der Waals surface area (Å²) in [6.07, 6.45) is 5.41. The zero-order chi connectivity index (χ0) is 17.8. The molecule has 0 saturated carbocycles. The third kappa shape index (κ3) is 3.45. The van der Waals surface area contributed by atoms with Crippen molar-refractivity contribution in [1.29, 1.82) is 0 Å². The van der Waals surface area contributed by atoms with Gasteiger partial charge in [0.15, 0.2) is 0 Å². The predicted octanol–water partition coefficient (Wildman–Crippen LogP) is 4.29. The van der Waals surface area contributed by atoms with Gasteiger partial charge in [-0.2, -0.15) is 0 Å². The van der Waals surface area contributed by atoms with Gasteiger partial charge < -0.3 is 10.2 Å². The van der Waals surface area contributed by atoms with Crippen LogP contribution in [0.1, 0.15) is 27.9 Å². The van der Waals surface area contributed by atoms with Crippen LogP contribution in [-0.4, -0.2) is 17.4 Å². The van der Waals surface area contributed by atoms with E-state index < -0.39 is 0 Å². The molecule has 1 aromatic heterocycles. The Kier molecular flexibility index (Phi) is 4.65. The molecule has 2 heterocycles. The fourth-order valence-corrected chi connectivity index (χ4v) is 3.35. The smallest absolute Gasteiger partial charge is 0.259 e. The highest BCUT2D eigenvalue weighted by Gasteiger charge is 2.23. The number of anilines is 2. The Morgan fingerprint density at radius 3 is 2.73 bits per heavy atom. The van der Waals surface area contributed by atoms with Gasteiger partial charge in [0, 0.05) is 31.2 Å². The summed E-state index contributed by atoms with van der Waals surface area (Å²) >= 11 is 0. The first-order valence-corrected chi connectivity index (χ1v) is 8.94. The van der Waals surface area contributed by atoms with E-state index in [-0.39, 0.29) is 5.91 Å². The molecule has 0 aliphatic carbocycles. The van der Waals surface area contributed by atoms with Crippen molar-refractivity contribution in [2.75, 3.05) is 16.8 Å². The van der Waals surface area contributed by atoms with Crippen LogP contribution in [0.15, 0.2) is 73.1 Å². The van der Waals surface area contributed by atoms with Gasteiger partial charge in [-0.3, -0.25) is 9.78 Å². The molecule has 4 heteroatoms. The molecule has 26 heavy (non-hydrogen) atoms. The van der Waals surface area contributed by atoms with Gasteiger partial charge in [0.25, 0.3) is 5.91 Å². The van der Waals surface area contributed by atoms with Crippen molar-refractivity contribution in [3.63, 3.8) is 0 Å². The maximum Gasteiger partial charge on any atom is 0.259 e. The van der Waals surface area contributed by atoms with E-state index in [1.165, 1.54) is 11.1 Å². The maximum atomic E-state index is 13.0. The molecule has 2 aromatic carbocycles. The number of rotatable bonds is 4. The van der Waals surface area contributed by atoms with Crippen molar-refractivity contribution >= 4 is 17.3 Å². The van der Waals surface area contributed by atoms with Crippen LogP contribution in [0.2, 0.25) is 0 Å². The molecule has 1 amide bonds. The Bertz CT molecular complexity index is 908. The second-order valence-corrected chi connectivity index (χ2v) is 6.49. The van der Waals surface area contributed by atoms with Crippen LogP contribution in [0.3, 0.4) is 0 Å². The van der Waals surface area contributed by atoms with E-state index >= 15 is 0 Å². The molecule has 1 N–H and O–H groups in total. The largest absolute Gasteiger partial charge is 0.380 e. The summed E-state index contributed by atoms with van der Waals surface area (Å²) in [6.45, 7) is 1.45. The van der Waals surface area contributed by atoms with Crippen molar-refractivity contribution in [2.45, 2.75) is 19.4 Å². The summed E-state index contributed by atoms with van der Waals surface area (Å²) in [5, 5.41) is 3.35. The van der Waals surface area contributed by atoms with Gasteiger partial charge in [-0.05, 0) is 36.1 Å². The zero-order valence-electron chi connectivity index (χ0n) is 14.6. The minimum atomic E-state index is 0.00742. The number of nitrogens with zero attached hydrogens (tertiary/aromatic N) is 2. The average Bonchev–Trinajstić information content (AvgIpc) is 2.72. The summed E-state index contributed by atoms with van der Waals surface area (Å²) in [5.74, 6) is 0.00742. The first kappa shape index (κ1) is 16.3. The third-order valence-electron chi connectivity index (χ3n) is 4.68. The highest BCUT2D eigenvalue weighted by atomic mass is 16.2. The number of nitrogens with one attached hydrogen (secondary N) is 1. The number of para-hydroxylation sites is 1. The minimum absolute atomic E-state index is 0.00742. The summed E-state index contributed by atoms with van der Waals surface area (Å²) in [5.41, 5.74) is 4.91. The van der Waals surface area contributed by atoms with Crippen LogP contribution in [0.25, 0.3) is 0 Å². The van der Waals surface area contributed by atoms with E-state index in [0.29, 0.717) is 12.1 Å². The number of carbonyl (C=O) groups is 1. The van der Waals surface area contributed by atoms with Crippen molar-refractivity contribution in [2.24, 2.45) is 0 Å². The molecule has 4 nitrogen and oxygen atoms in total. The number of hydrogen-bond acceptors (Lipinski definition) is 3. The minimum Gasteiger partial charge on any atom is -0.380 e. The topological polar surface area (TPSA) is 45.2 Å². The first-order chi connectivity index (χ1) is 12.8. The molecule has 0 fully saturated rings. The normalized spacial score (nSPS) is 13.2. The van der Waals surface area contributed by atoms with E-state index in [4.69, 9.17) is 0 Å². The van der Waals surface area contributed by atoms with E-state index in [9.17, 15) is 4.79 Å². The van der Waals surface area contributed by atoms with Gasteiger partial charge in [0.1, 0.15) is 0 Å². The summed E-state index contributed by atoms with van der Waals surface area (Å²) in [6, 6.07) is 20.2. The van der Waals surface area contributed by atoms with E-state index in [1.807, 2.05) is 47.4 Å². The number of benzene rings is 2. The molecule has 0 radical (unpaired) electrons. The van der Waals surface area contributed by atoms with Crippen LogP contribution in [0, 0.1) is 0 Å². The SMILES string of the molecule is O=C(c1cncc(NCc2ccccc2)c1)N1CCCc2ccccc21. The number of aryl methyl sites for hydroxylation is 1. The van der Waals surface area contributed by atoms with Crippen molar-refractivity contribution < 1.29 is 4.79 Å². The molecule has 3 aromatic rings. The average molecular weight is 343 g/mol. The van der Waals surface area contributed by atoms with E-state index in [1.54, 1.807) is 12.4 Å². The quantitative estimate of drug-likeness (QED) is 0.769. The first-order valence-electron chi connectivity index (χ1n) is 8.94. The summed E-state index contributed by atoms with van der Waals surface area (Å²) in [4.78, 5) is 19.2. The van der Waals surface area contributed by atoms with Gasteiger partial charge in [0.2, 0.25) is 0 Å². The van der Waals surface area contributed by atoms with Gasteiger partial charge >= 0.3 is 0 Å². The Hall–Kier alpha value is -3.14. The molecule has 1 aliphatic rings. The number of pyridine rings is 1. The van der Waals surface area contributed by atoms with Crippen molar-refractivity contribution in [3.05, 3.63) is 89.7 Å². The second-order valence-electron chi connectivity index (χ2n) is 6.49.